The molecule has 12 heteroatoms. The molecule has 178 valence electrons. The Bertz CT molecular complexity index is 1120. The fraction of sp³-hybridized carbons (Fsp3) is 0.381. The first-order valence-electron chi connectivity index (χ1n) is 9.88. The summed E-state index contributed by atoms with van der Waals surface area (Å²) in [4.78, 5) is 29.3. The molecule has 1 atom stereocenters. The van der Waals surface area contributed by atoms with Gasteiger partial charge in [-0.15, -0.1) is 10.2 Å². The number of phenolic OH excluding ortho intramolecular Hbond substituents is 1. The quantitative estimate of drug-likeness (QED) is 0.401. The minimum Gasteiger partial charge on any atom is -0.505 e. The maximum absolute atomic E-state index is 12.7. The molecular formula is C21H27N5O5S2. The van der Waals surface area contributed by atoms with Gasteiger partial charge >= 0.3 is 5.97 Å². The monoisotopic (exact) mass is 493 g/mol. The van der Waals surface area contributed by atoms with Crippen molar-refractivity contribution in [2.45, 2.75) is 38.8 Å². The smallest absolute Gasteiger partial charge is 0.329 e. The number of hydrogen-bond acceptors (Lipinski definition) is 10. The molecule has 0 bridgehead atoms. The van der Waals surface area contributed by atoms with Crippen LogP contribution in [0, 0.1) is 0 Å². The van der Waals surface area contributed by atoms with Crippen LogP contribution in [0.15, 0.2) is 30.5 Å². The van der Waals surface area contributed by atoms with Crippen LogP contribution < -0.4 is 10.6 Å². The summed E-state index contributed by atoms with van der Waals surface area (Å²) in [6, 6.07) is 6.19. The van der Waals surface area contributed by atoms with Crippen molar-refractivity contribution in [3.8, 4) is 5.75 Å². The molecule has 0 fully saturated rings. The number of amides is 1. The summed E-state index contributed by atoms with van der Waals surface area (Å²) in [5, 5.41) is 25.4. The second-order valence-electron chi connectivity index (χ2n) is 7.92. The molecule has 2 aromatic heterocycles. The number of carbonyl (C=O) groups is 2. The van der Waals surface area contributed by atoms with Crippen molar-refractivity contribution in [3.63, 3.8) is 0 Å². The molecule has 0 radical (unpaired) electrons. The third kappa shape index (κ3) is 7.01. The number of aromatic hydroxyl groups is 1. The highest BCUT2D eigenvalue weighted by atomic mass is 32.2. The number of carbonyl (C=O) groups excluding carboxylic acids is 2. The molecule has 0 saturated carbocycles. The SMILES string of the molecule is CSCCC(Nc1nnc(NC(=O)c2ccc3cccnc3c2O)s1)C(=O)OC(C)(C)C.O. The zero-order valence-corrected chi connectivity index (χ0v) is 20.3. The number of fused-ring (bicyclic) bond motifs is 1. The summed E-state index contributed by atoms with van der Waals surface area (Å²) in [6.45, 7) is 5.44. The third-order valence-electron chi connectivity index (χ3n) is 4.24. The van der Waals surface area contributed by atoms with Gasteiger partial charge in [0.25, 0.3) is 5.91 Å². The molecule has 5 N–H and O–H groups in total. The van der Waals surface area contributed by atoms with E-state index in [0.29, 0.717) is 17.1 Å². The van der Waals surface area contributed by atoms with E-state index in [1.54, 1.807) is 36.2 Å². The zero-order valence-electron chi connectivity index (χ0n) is 18.7. The standard InChI is InChI=1S/C21H25N5O4S2.H2O/c1-21(2,3)30-18(29)14(9-11-31-4)23-19-25-26-20(32-19)24-17(28)13-8-7-12-6-5-10-22-15(12)16(13)27;/h5-8,10,14,27H,9,11H2,1-4H3,(H,23,25)(H,24,26,28);1H2. The lowest BCUT2D eigenvalue weighted by Gasteiger charge is -2.24. The molecule has 33 heavy (non-hydrogen) atoms. The van der Waals surface area contributed by atoms with Gasteiger partial charge in [-0.2, -0.15) is 11.8 Å². The number of pyridine rings is 1. The first-order chi connectivity index (χ1) is 15.2. The number of benzene rings is 1. The second kappa shape index (κ2) is 11.3. The van der Waals surface area contributed by atoms with Gasteiger partial charge in [-0.25, -0.2) is 4.79 Å². The van der Waals surface area contributed by atoms with Crippen LogP contribution in [0.2, 0.25) is 0 Å². The number of nitrogens with one attached hydrogen (secondary N) is 2. The van der Waals surface area contributed by atoms with Crippen molar-refractivity contribution in [1.82, 2.24) is 15.2 Å². The first kappa shape index (κ1) is 26.3. The van der Waals surface area contributed by atoms with E-state index in [-0.39, 0.29) is 27.9 Å². The molecule has 0 aliphatic carbocycles. The fourth-order valence-corrected chi connectivity index (χ4v) is 3.98. The number of esters is 1. The van der Waals surface area contributed by atoms with Crippen molar-refractivity contribution in [3.05, 3.63) is 36.0 Å². The van der Waals surface area contributed by atoms with Crippen LogP contribution in [0.4, 0.5) is 10.3 Å². The number of anilines is 2. The van der Waals surface area contributed by atoms with Crippen LogP contribution in [-0.4, -0.2) is 61.3 Å². The summed E-state index contributed by atoms with van der Waals surface area (Å²) >= 11 is 2.71. The molecule has 0 aliphatic rings. The molecule has 1 amide bonds. The Hall–Kier alpha value is -2.96. The maximum atomic E-state index is 12.7. The summed E-state index contributed by atoms with van der Waals surface area (Å²) in [6.07, 6.45) is 4.06. The van der Waals surface area contributed by atoms with E-state index in [2.05, 4.69) is 25.8 Å². The summed E-state index contributed by atoms with van der Waals surface area (Å²) in [5.74, 6) is -0.357. The number of rotatable bonds is 8. The lowest BCUT2D eigenvalue weighted by molar-refractivity contribution is -0.155. The Morgan fingerprint density at radius 1 is 1.21 bits per heavy atom. The molecule has 1 unspecified atom stereocenters. The van der Waals surface area contributed by atoms with Gasteiger partial charge in [0.15, 0.2) is 5.75 Å². The number of phenols is 1. The first-order valence-corrected chi connectivity index (χ1v) is 12.1. The van der Waals surface area contributed by atoms with E-state index < -0.39 is 17.6 Å². The summed E-state index contributed by atoms with van der Waals surface area (Å²) < 4.78 is 5.49. The van der Waals surface area contributed by atoms with E-state index in [1.165, 1.54) is 6.07 Å². The minimum absolute atomic E-state index is 0. The van der Waals surface area contributed by atoms with Crippen LogP contribution in [-0.2, 0) is 9.53 Å². The zero-order chi connectivity index (χ0) is 23.3. The normalized spacial score (nSPS) is 12.0. The van der Waals surface area contributed by atoms with Gasteiger partial charge in [0.2, 0.25) is 10.3 Å². The van der Waals surface area contributed by atoms with Crippen molar-refractivity contribution in [2.24, 2.45) is 0 Å². The third-order valence-corrected chi connectivity index (χ3v) is 5.65. The molecule has 1 aromatic carbocycles. The van der Waals surface area contributed by atoms with E-state index in [1.807, 2.05) is 27.0 Å². The van der Waals surface area contributed by atoms with Crippen molar-refractivity contribution in [2.75, 3.05) is 22.6 Å². The van der Waals surface area contributed by atoms with E-state index >= 15 is 0 Å². The van der Waals surface area contributed by atoms with Gasteiger partial charge in [0, 0.05) is 11.6 Å². The average molecular weight is 494 g/mol. The molecular weight excluding hydrogens is 466 g/mol. The summed E-state index contributed by atoms with van der Waals surface area (Å²) in [7, 11) is 0. The van der Waals surface area contributed by atoms with E-state index in [9.17, 15) is 14.7 Å². The van der Waals surface area contributed by atoms with Gasteiger partial charge in [0.1, 0.15) is 17.2 Å². The summed E-state index contributed by atoms with van der Waals surface area (Å²) in [5.41, 5.74) is -0.186. The lowest BCUT2D eigenvalue weighted by Crippen LogP contribution is -2.37. The van der Waals surface area contributed by atoms with Crippen LogP contribution in [0.3, 0.4) is 0 Å². The average Bonchev–Trinajstić information content (AvgIpc) is 3.17. The predicted octanol–water partition coefficient (Wildman–Crippen LogP) is 3.09. The lowest BCUT2D eigenvalue weighted by atomic mass is 10.1. The van der Waals surface area contributed by atoms with E-state index in [0.717, 1.165) is 22.5 Å². The van der Waals surface area contributed by atoms with Crippen LogP contribution in [0.1, 0.15) is 37.6 Å². The highest BCUT2D eigenvalue weighted by Gasteiger charge is 2.26. The molecule has 0 spiro atoms. The van der Waals surface area contributed by atoms with Crippen LogP contribution >= 0.6 is 23.1 Å². The molecule has 0 aliphatic heterocycles. The fourth-order valence-electron chi connectivity index (χ4n) is 2.82. The van der Waals surface area contributed by atoms with Crippen LogP contribution in [0.25, 0.3) is 10.9 Å². The van der Waals surface area contributed by atoms with Gasteiger partial charge in [0.05, 0.1) is 5.56 Å². The molecule has 3 rings (SSSR count). The highest BCUT2D eigenvalue weighted by molar-refractivity contribution is 7.98. The van der Waals surface area contributed by atoms with Crippen LogP contribution in [0.5, 0.6) is 5.75 Å². The molecule has 0 saturated heterocycles. The number of aromatic nitrogens is 3. The second-order valence-corrected chi connectivity index (χ2v) is 9.88. The Balaban J connectivity index is 0.00000385. The number of thioether (sulfide) groups is 1. The predicted molar refractivity (Wildman–Crippen MR) is 131 cm³/mol. The molecule has 3 aromatic rings. The van der Waals surface area contributed by atoms with Gasteiger partial charge < -0.3 is 20.6 Å². The van der Waals surface area contributed by atoms with Gasteiger partial charge in [-0.05, 0) is 51.3 Å². The Morgan fingerprint density at radius 3 is 2.64 bits per heavy atom. The largest absolute Gasteiger partial charge is 0.505 e. The number of ether oxygens (including phenoxy) is 1. The molecule has 10 nitrogen and oxygen atoms in total. The molecule has 2 heterocycles. The maximum Gasteiger partial charge on any atom is 0.329 e. The Labute approximate surface area is 199 Å². The minimum atomic E-state index is -0.604. The van der Waals surface area contributed by atoms with Gasteiger partial charge in [-0.1, -0.05) is 23.5 Å². The number of nitrogens with zero attached hydrogens (tertiary/aromatic N) is 3. The van der Waals surface area contributed by atoms with Crippen molar-refractivity contribution < 1.29 is 24.9 Å². The van der Waals surface area contributed by atoms with Crippen molar-refractivity contribution >= 4 is 56.1 Å². The van der Waals surface area contributed by atoms with E-state index in [4.69, 9.17) is 4.74 Å². The highest BCUT2D eigenvalue weighted by Crippen LogP contribution is 2.28. The topological polar surface area (TPSA) is 158 Å². The van der Waals surface area contributed by atoms with Gasteiger partial charge in [-0.3, -0.25) is 15.1 Å². The Morgan fingerprint density at radius 2 is 1.94 bits per heavy atom. The number of hydrogen-bond donors (Lipinski definition) is 3. The van der Waals surface area contributed by atoms with Crippen molar-refractivity contribution in [1.29, 1.82) is 0 Å². The Kier molecular flexibility index (Phi) is 8.97.